The second-order valence-electron chi connectivity index (χ2n) is 5.30. The number of benzene rings is 1. The summed E-state index contributed by atoms with van der Waals surface area (Å²) in [4.78, 5) is 15.3. The zero-order chi connectivity index (χ0) is 17.7. The molecular weight excluding hydrogens is 306 g/mol. The summed E-state index contributed by atoms with van der Waals surface area (Å²) in [7, 11) is 0. The second kappa shape index (κ2) is 6.82. The molecule has 2 rings (SSSR count). The highest BCUT2D eigenvalue weighted by Gasteiger charge is 2.30. The van der Waals surface area contributed by atoms with E-state index in [0.29, 0.717) is 0 Å². The molecule has 7 nitrogen and oxygen atoms in total. The van der Waals surface area contributed by atoms with Crippen LogP contribution in [0.15, 0.2) is 59.6 Å². The van der Waals surface area contributed by atoms with Gasteiger partial charge in [-0.3, -0.25) is 5.41 Å². The van der Waals surface area contributed by atoms with Gasteiger partial charge in [0.15, 0.2) is 5.96 Å². The van der Waals surface area contributed by atoms with Gasteiger partial charge in [0.2, 0.25) is 0 Å². The van der Waals surface area contributed by atoms with Crippen molar-refractivity contribution in [1.82, 2.24) is 0 Å². The lowest BCUT2D eigenvalue weighted by Gasteiger charge is -2.29. The molecule has 124 valence electrons. The number of amidine groups is 1. The number of guanidine groups is 1. The molecule has 0 spiro atoms. The highest BCUT2D eigenvalue weighted by atomic mass is 16.4. The third-order valence-electron chi connectivity index (χ3n) is 3.54. The van der Waals surface area contributed by atoms with Gasteiger partial charge in [0.05, 0.1) is 5.97 Å². The van der Waals surface area contributed by atoms with Gasteiger partial charge < -0.3 is 27.1 Å². The summed E-state index contributed by atoms with van der Waals surface area (Å²) in [5.74, 6) is -2.27. The van der Waals surface area contributed by atoms with Crippen molar-refractivity contribution in [2.24, 2.45) is 28.1 Å². The number of carboxylic acid groups (broad SMARTS) is 1. The molecule has 0 bridgehead atoms. The number of aliphatic carboxylic acids is 1. The van der Waals surface area contributed by atoms with E-state index in [1.54, 1.807) is 18.2 Å². The van der Waals surface area contributed by atoms with Gasteiger partial charge in [-0.25, -0.2) is 4.99 Å². The number of hydrogen-bond acceptors (Lipinski definition) is 4. The molecule has 24 heavy (non-hydrogen) atoms. The maximum absolute atomic E-state index is 11.0. The number of nitrogens with zero attached hydrogens (tertiary/aromatic N) is 1. The lowest BCUT2D eigenvalue weighted by atomic mass is 9.81. The predicted octanol–water partition coefficient (Wildman–Crippen LogP) is -0.403. The maximum atomic E-state index is 11.0. The van der Waals surface area contributed by atoms with E-state index in [9.17, 15) is 9.90 Å². The molecule has 0 saturated heterocycles. The Bertz CT molecular complexity index is 759. The molecule has 0 saturated carbocycles. The first-order chi connectivity index (χ1) is 11.3. The molecule has 1 aromatic rings. The molecule has 0 aliphatic heterocycles. The van der Waals surface area contributed by atoms with Crippen LogP contribution < -0.4 is 22.3 Å². The standard InChI is InChI=1S/C17H19N5O2/c18-14(19)6-5-11-3-1-2-4-13(11)17(22-16(20)21)9-7-12(8-10-17)15(23)24/h1-10,12H,(H3,18,19)(H,23,24)(H4,20,21,22)/p-1/b6-5+. The number of carboxylic acids is 1. The van der Waals surface area contributed by atoms with Gasteiger partial charge in [-0.15, -0.1) is 0 Å². The lowest BCUT2D eigenvalue weighted by Crippen LogP contribution is -2.34. The average molecular weight is 324 g/mol. The predicted molar refractivity (Wildman–Crippen MR) is 91.7 cm³/mol. The Balaban J connectivity index is 2.58. The van der Waals surface area contributed by atoms with Gasteiger partial charge in [0.1, 0.15) is 11.4 Å². The van der Waals surface area contributed by atoms with Crippen molar-refractivity contribution in [2.75, 3.05) is 0 Å². The van der Waals surface area contributed by atoms with Crippen LogP contribution in [0.3, 0.4) is 0 Å². The number of hydrogen-bond donors (Lipinski definition) is 4. The molecule has 7 heteroatoms. The Morgan fingerprint density at radius 2 is 1.83 bits per heavy atom. The summed E-state index contributed by atoms with van der Waals surface area (Å²) in [5, 5.41) is 18.3. The highest BCUT2D eigenvalue weighted by Crippen LogP contribution is 2.36. The molecule has 7 N–H and O–H groups in total. The van der Waals surface area contributed by atoms with Gasteiger partial charge >= 0.3 is 0 Å². The summed E-state index contributed by atoms with van der Waals surface area (Å²) >= 11 is 0. The van der Waals surface area contributed by atoms with Crippen LogP contribution in [-0.2, 0) is 10.3 Å². The van der Waals surface area contributed by atoms with E-state index < -0.39 is 17.4 Å². The monoisotopic (exact) mass is 324 g/mol. The zero-order valence-electron chi connectivity index (χ0n) is 12.8. The van der Waals surface area contributed by atoms with Crippen molar-refractivity contribution in [3.8, 4) is 0 Å². The van der Waals surface area contributed by atoms with Crippen molar-refractivity contribution in [2.45, 2.75) is 5.54 Å². The van der Waals surface area contributed by atoms with E-state index in [-0.39, 0.29) is 11.8 Å². The van der Waals surface area contributed by atoms with Crippen LogP contribution in [0.2, 0.25) is 0 Å². The molecule has 1 aliphatic carbocycles. The van der Waals surface area contributed by atoms with Gasteiger partial charge in [-0.1, -0.05) is 54.6 Å². The quantitative estimate of drug-likeness (QED) is 0.329. The van der Waals surface area contributed by atoms with Crippen LogP contribution in [0, 0.1) is 11.3 Å². The summed E-state index contributed by atoms with van der Waals surface area (Å²) < 4.78 is 0. The largest absolute Gasteiger partial charge is 0.549 e. The molecule has 0 aromatic heterocycles. The van der Waals surface area contributed by atoms with Crippen LogP contribution in [0.4, 0.5) is 0 Å². The topological polar surface area (TPSA) is 154 Å². The second-order valence-corrected chi connectivity index (χ2v) is 5.30. The van der Waals surface area contributed by atoms with E-state index in [4.69, 9.17) is 22.6 Å². The fourth-order valence-electron chi connectivity index (χ4n) is 2.49. The first-order valence-corrected chi connectivity index (χ1v) is 7.16. The lowest BCUT2D eigenvalue weighted by molar-refractivity contribution is -0.308. The molecule has 1 aromatic carbocycles. The van der Waals surface area contributed by atoms with Gasteiger partial charge in [-0.2, -0.15) is 0 Å². The van der Waals surface area contributed by atoms with Crippen LogP contribution >= 0.6 is 0 Å². The fraction of sp³-hybridized carbons (Fsp3) is 0.118. The molecule has 0 radical (unpaired) electrons. The van der Waals surface area contributed by atoms with Crippen molar-refractivity contribution in [3.63, 3.8) is 0 Å². The first-order valence-electron chi connectivity index (χ1n) is 7.16. The number of aliphatic imine (C=N–C) groups is 1. The normalized spacial score (nSPS) is 22.4. The minimum absolute atomic E-state index is 0.0903. The third-order valence-corrected chi connectivity index (χ3v) is 3.54. The van der Waals surface area contributed by atoms with E-state index in [2.05, 4.69) is 4.99 Å². The van der Waals surface area contributed by atoms with Crippen LogP contribution in [0.1, 0.15) is 11.1 Å². The maximum Gasteiger partial charge on any atom is 0.187 e. The van der Waals surface area contributed by atoms with Gasteiger partial charge in [0, 0.05) is 5.92 Å². The minimum Gasteiger partial charge on any atom is -0.549 e. The third kappa shape index (κ3) is 3.70. The van der Waals surface area contributed by atoms with Crippen molar-refractivity contribution < 1.29 is 9.90 Å². The summed E-state index contributed by atoms with van der Waals surface area (Å²) in [6, 6.07) is 7.29. The Kier molecular flexibility index (Phi) is 4.84. The number of carbonyl (C=O) groups excluding carboxylic acids is 1. The number of carbonyl (C=O) groups is 1. The molecule has 0 heterocycles. The SMILES string of the molecule is N=C(N)/C=C/c1ccccc1C1(N=C(N)N)C=CC(C(=O)[O-])C=C1. The van der Waals surface area contributed by atoms with E-state index in [0.717, 1.165) is 11.1 Å². The fourth-order valence-corrected chi connectivity index (χ4v) is 2.49. The molecule has 0 unspecified atom stereocenters. The summed E-state index contributed by atoms with van der Waals surface area (Å²) in [6.45, 7) is 0. The van der Waals surface area contributed by atoms with Gasteiger partial charge in [-0.05, 0) is 17.2 Å². The molecule has 1 aliphatic rings. The molecule has 0 atom stereocenters. The van der Waals surface area contributed by atoms with E-state index in [1.165, 1.54) is 18.2 Å². The smallest absolute Gasteiger partial charge is 0.187 e. The van der Waals surface area contributed by atoms with Crippen LogP contribution in [-0.4, -0.2) is 17.8 Å². The molecular formula is C17H18N5O2-. The Labute approximate surface area is 139 Å². The Morgan fingerprint density at radius 3 is 2.38 bits per heavy atom. The number of nitrogens with two attached hydrogens (primary N) is 3. The minimum atomic E-state index is -1.20. The van der Waals surface area contributed by atoms with E-state index >= 15 is 0 Å². The van der Waals surface area contributed by atoms with Crippen LogP contribution in [0.25, 0.3) is 6.08 Å². The molecule has 0 fully saturated rings. The van der Waals surface area contributed by atoms with Crippen molar-refractivity contribution in [1.29, 1.82) is 5.41 Å². The number of rotatable bonds is 5. The van der Waals surface area contributed by atoms with E-state index in [1.807, 2.05) is 24.3 Å². The van der Waals surface area contributed by atoms with Crippen molar-refractivity contribution >= 4 is 23.8 Å². The highest BCUT2D eigenvalue weighted by molar-refractivity contribution is 5.93. The Hall–Kier alpha value is -3.35. The summed E-state index contributed by atoms with van der Waals surface area (Å²) in [5.41, 5.74) is 16.9. The first kappa shape index (κ1) is 17.0. The zero-order valence-corrected chi connectivity index (χ0v) is 12.8. The van der Waals surface area contributed by atoms with Crippen molar-refractivity contribution in [3.05, 3.63) is 65.8 Å². The van der Waals surface area contributed by atoms with Gasteiger partial charge in [0.25, 0.3) is 0 Å². The van der Waals surface area contributed by atoms with Crippen LogP contribution in [0.5, 0.6) is 0 Å². The Morgan fingerprint density at radius 1 is 1.21 bits per heavy atom. The average Bonchev–Trinajstić information content (AvgIpc) is 2.53. The number of nitrogens with one attached hydrogen (secondary N) is 1. The summed E-state index contributed by atoms with van der Waals surface area (Å²) in [6.07, 6.45) is 9.32. The molecule has 0 amide bonds.